The Morgan fingerprint density at radius 1 is 1.05 bits per heavy atom. The fourth-order valence-corrected chi connectivity index (χ4v) is 1.70. The molecular formula is C15H19ClN2O2. The van der Waals surface area contributed by atoms with E-state index in [2.05, 4.69) is 10.3 Å². The largest absolute Gasteiger partial charge is 0.491 e. The van der Waals surface area contributed by atoms with Gasteiger partial charge in [-0.1, -0.05) is 18.2 Å². The molecule has 1 heterocycles. The molecule has 0 fully saturated rings. The predicted octanol–water partition coefficient (Wildman–Crippen LogP) is 2.16. The normalized spacial score (nSPS) is 9.85. The zero-order valence-corrected chi connectivity index (χ0v) is 12.0. The van der Waals surface area contributed by atoms with Crippen molar-refractivity contribution in [3.8, 4) is 5.75 Å². The van der Waals surface area contributed by atoms with E-state index in [1.54, 1.807) is 6.20 Å². The highest BCUT2D eigenvalue weighted by Crippen LogP contribution is 2.11. The van der Waals surface area contributed by atoms with Crippen LogP contribution in [0.4, 0.5) is 0 Å². The van der Waals surface area contributed by atoms with Gasteiger partial charge in [-0.05, 0) is 29.8 Å². The number of rotatable bonds is 7. The van der Waals surface area contributed by atoms with Crippen molar-refractivity contribution < 1.29 is 9.84 Å². The predicted molar refractivity (Wildman–Crippen MR) is 81.1 cm³/mol. The lowest BCUT2D eigenvalue weighted by Crippen LogP contribution is -2.13. The number of pyridine rings is 1. The zero-order valence-electron chi connectivity index (χ0n) is 11.2. The molecule has 4 nitrogen and oxygen atoms in total. The maximum absolute atomic E-state index is 8.67. The number of halogens is 1. The van der Waals surface area contributed by atoms with Crippen LogP contribution < -0.4 is 10.1 Å². The molecule has 5 heteroatoms. The molecule has 0 amide bonds. The molecule has 0 aliphatic rings. The van der Waals surface area contributed by atoms with Gasteiger partial charge >= 0.3 is 0 Å². The van der Waals surface area contributed by atoms with Gasteiger partial charge in [-0.3, -0.25) is 4.98 Å². The van der Waals surface area contributed by atoms with Crippen molar-refractivity contribution in [1.29, 1.82) is 0 Å². The number of aromatic nitrogens is 1. The maximum atomic E-state index is 8.67. The molecule has 2 aromatic rings. The van der Waals surface area contributed by atoms with E-state index in [-0.39, 0.29) is 19.0 Å². The molecule has 20 heavy (non-hydrogen) atoms. The number of hydrogen-bond acceptors (Lipinski definition) is 4. The SMILES string of the molecule is Cl.OCCOc1ccc(CNCc2ccccn2)cc1. The Kier molecular flexibility index (Phi) is 7.65. The highest BCUT2D eigenvalue weighted by molar-refractivity contribution is 5.85. The van der Waals surface area contributed by atoms with Crippen molar-refractivity contribution in [2.45, 2.75) is 13.1 Å². The highest BCUT2D eigenvalue weighted by Gasteiger charge is 1.96. The molecule has 0 bridgehead atoms. The molecule has 0 spiro atoms. The Labute approximate surface area is 125 Å². The van der Waals surface area contributed by atoms with E-state index >= 15 is 0 Å². The summed E-state index contributed by atoms with van der Waals surface area (Å²) in [5, 5.41) is 12.0. The van der Waals surface area contributed by atoms with Crippen LogP contribution in [0.25, 0.3) is 0 Å². The second kappa shape index (κ2) is 9.31. The van der Waals surface area contributed by atoms with Crippen molar-refractivity contribution in [3.63, 3.8) is 0 Å². The second-order valence-electron chi connectivity index (χ2n) is 4.14. The fourth-order valence-electron chi connectivity index (χ4n) is 1.70. The molecule has 0 aliphatic carbocycles. The Morgan fingerprint density at radius 3 is 2.50 bits per heavy atom. The van der Waals surface area contributed by atoms with Gasteiger partial charge in [0.1, 0.15) is 12.4 Å². The van der Waals surface area contributed by atoms with Crippen LogP contribution in [0.15, 0.2) is 48.7 Å². The topological polar surface area (TPSA) is 54.4 Å². The van der Waals surface area contributed by atoms with Gasteiger partial charge in [-0.15, -0.1) is 12.4 Å². The molecule has 2 rings (SSSR count). The molecule has 108 valence electrons. The van der Waals surface area contributed by atoms with Gasteiger partial charge in [-0.25, -0.2) is 0 Å². The number of nitrogens with zero attached hydrogens (tertiary/aromatic N) is 1. The van der Waals surface area contributed by atoms with Crippen LogP contribution in [0.1, 0.15) is 11.3 Å². The first kappa shape index (κ1) is 16.4. The summed E-state index contributed by atoms with van der Waals surface area (Å²) in [7, 11) is 0. The van der Waals surface area contributed by atoms with Crippen molar-refractivity contribution in [3.05, 3.63) is 59.9 Å². The Hall–Kier alpha value is -1.62. The number of nitrogens with one attached hydrogen (secondary N) is 1. The highest BCUT2D eigenvalue weighted by atomic mass is 35.5. The third kappa shape index (κ3) is 5.57. The number of aliphatic hydroxyl groups is 1. The van der Waals surface area contributed by atoms with E-state index in [9.17, 15) is 0 Å². The molecular weight excluding hydrogens is 276 g/mol. The summed E-state index contributed by atoms with van der Waals surface area (Å²) in [4.78, 5) is 4.25. The second-order valence-corrected chi connectivity index (χ2v) is 4.14. The lowest BCUT2D eigenvalue weighted by atomic mass is 10.2. The Bertz CT molecular complexity index is 477. The minimum absolute atomic E-state index is 0. The van der Waals surface area contributed by atoms with E-state index in [4.69, 9.17) is 9.84 Å². The molecule has 0 unspecified atom stereocenters. The monoisotopic (exact) mass is 294 g/mol. The van der Waals surface area contributed by atoms with E-state index in [1.807, 2.05) is 42.5 Å². The number of benzene rings is 1. The van der Waals surface area contributed by atoms with Crippen LogP contribution in [0.5, 0.6) is 5.75 Å². The molecule has 0 saturated carbocycles. The smallest absolute Gasteiger partial charge is 0.119 e. The van der Waals surface area contributed by atoms with Crippen molar-refractivity contribution in [1.82, 2.24) is 10.3 Å². The average Bonchev–Trinajstić information content (AvgIpc) is 2.47. The third-order valence-corrected chi connectivity index (χ3v) is 2.64. The van der Waals surface area contributed by atoms with Crippen LogP contribution in [0.2, 0.25) is 0 Å². The van der Waals surface area contributed by atoms with E-state index in [1.165, 1.54) is 5.56 Å². The van der Waals surface area contributed by atoms with E-state index in [0.29, 0.717) is 6.61 Å². The van der Waals surface area contributed by atoms with Crippen LogP contribution in [-0.4, -0.2) is 23.3 Å². The molecule has 0 atom stereocenters. The summed E-state index contributed by atoms with van der Waals surface area (Å²) in [6, 6.07) is 13.7. The van der Waals surface area contributed by atoms with Gasteiger partial charge in [-0.2, -0.15) is 0 Å². The summed E-state index contributed by atoms with van der Waals surface area (Å²) in [5.41, 5.74) is 2.22. The fraction of sp³-hybridized carbons (Fsp3) is 0.267. The summed E-state index contributed by atoms with van der Waals surface area (Å²) in [5.74, 6) is 0.780. The standard InChI is InChI=1S/C15H18N2O2.ClH/c18-9-10-19-15-6-4-13(5-7-15)11-16-12-14-3-1-2-8-17-14;/h1-8,16,18H,9-12H2;1H. The van der Waals surface area contributed by atoms with Crippen molar-refractivity contribution >= 4 is 12.4 Å². The van der Waals surface area contributed by atoms with Gasteiger partial charge < -0.3 is 15.2 Å². The summed E-state index contributed by atoms with van der Waals surface area (Å²) in [6.45, 7) is 1.91. The first-order chi connectivity index (χ1) is 9.38. The molecule has 2 N–H and O–H groups in total. The van der Waals surface area contributed by atoms with Gasteiger partial charge in [0.25, 0.3) is 0 Å². The third-order valence-electron chi connectivity index (χ3n) is 2.64. The van der Waals surface area contributed by atoms with Crippen LogP contribution in [0, 0.1) is 0 Å². The summed E-state index contributed by atoms with van der Waals surface area (Å²) in [6.07, 6.45) is 1.80. The summed E-state index contributed by atoms with van der Waals surface area (Å²) < 4.78 is 5.30. The number of aliphatic hydroxyl groups excluding tert-OH is 1. The van der Waals surface area contributed by atoms with Gasteiger partial charge in [0, 0.05) is 19.3 Å². The first-order valence-corrected chi connectivity index (χ1v) is 6.32. The lowest BCUT2D eigenvalue weighted by Gasteiger charge is -2.07. The number of hydrogen-bond donors (Lipinski definition) is 2. The van der Waals surface area contributed by atoms with Crippen molar-refractivity contribution in [2.75, 3.05) is 13.2 Å². The first-order valence-electron chi connectivity index (χ1n) is 6.32. The van der Waals surface area contributed by atoms with Crippen LogP contribution >= 0.6 is 12.4 Å². The quantitative estimate of drug-likeness (QED) is 0.822. The van der Waals surface area contributed by atoms with E-state index in [0.717, 1.165) is 24.5 Å². The van der Waals surface area contributed by atoms with Gasteiger partial charge in [0.2, 0.25) is 0 Å². The molecule has 1 aromatic heterocycles. The minimum atomic E-state index is 0. The average molecular weight is 295 g/mol. The molecule has 0 aliphatic heterocycles. The van der Waals surface area contributed by atoms with E-state index < -0.39 is 0 Å². The lowest BCUT2D eigenvalue weighted by molar-refractivity contribution is 0.201. The van der Waals surface area contributed by atoms with Crippen LogP contribution in [-0.2, 0) is 13.1 Å². The molecule has 0 saturated heterocycles. The molecule has 1 aromatic carbocycles. The Morgan fingerprint density at radius 2 is 1.85 bits per heavy atom. The Balaban J connectivity index is 0.00000200. The maximum Gasteiger partial charge on any atom is 0.119 e. The van der Waals surface area contributed by atoms with Gasteiger partial charge in [0.05, 0.1) is 12.3 Å². The number of ether oxygens (including phenoxy) is 1. The summed E-state index contributed by atoms with van der Waals surface area (Å²) >= 11 is 0. The molecule has 0 radical (unpaired) electrons. The van der Waals surface area contributed by atoms with Crippen molar-refractivity contribution in [2.24, 2.45) is 0 Å². The minimum Gasteiger partial charge on any atom is -0.491 e. The van der Waals surface area contributed by atoms with Crippen LogP contribution in [0.3, 0.4) is 0 Å². The van der Waals surface area contributed by atoms with Gasteiger partial charge in [0.15, 0.2) is 0 Å². The zero-order chi connectivity index (χ0) is 13.3.